The van der Waals surface area contributed by atoms with Crippen LogP contribution >= 0.6 is 0 Å². The van der Waals surface area contributed by atoms with E-state index in [0.29, 0.717) is 17.2 Å². The van der Waals surface area contributed by atoms with Crippen LogP contribution in [-0.4, -0.2) is 34.6 Å². The summed E-state index contributed by atoms with van der Waals surface area (Å²) in [6.45, 7) is 5.79. The number of aromatic nitrogens is 2. The van der Waals surface area contributed by atoms with Gasteiger partial charge in [-0.3, -0.25) is 0 Å². The zero-order chi connectivity index (χ0) is 20.2. The molecule has 0 saturated carbocycles. The highest BCUT2D eigenvalue weighted by Gasteiger charge is 2.31. The second-order valence-electron chi connectivity index (χ2n) is 5.90. The second kappa shape index (κ2) is 8.32. The highest BCUT2D eigenvalue weighted by Crippen LogP contribution is 2.36. The number of anilines is 1. The molecule has 1 heterocycles. The number of benzene rings is 1. The van der Waals surface area contributed by atoms with Crippen molar-refractivity contribution in [2.24, 2.45) is 0 Å². The number of halogens is 3. The second-order valence-corrected chi connectivity index (χ2v) is 5.90. The molecule has 0 amide bonds. The molecule has 9 heteroatoms. The zero-order valence-corrected chi connectivity index (χ0v) is 15.5. The lowest BCUT2D eigenvalue weighted by atomic mass is 10.1. The van der Waals surface area contributed by atoms with Crippen molar-refractivity contribution in [2.45, 2.75) is 46.0 Å². The third-order valence-corrected chi connectivity index (χ3v) is 4.02. The van der Waals surface area contributed by atoms with Crippen molar-refractivity contribution >= 4 is 5.82 Å². The molecule has 0 saturated heterocycles. The first kappa shape index (κ1) is 20.6. The van der Waals surface area contributed by atoms with Crippen molar-refractivity contribution in [1.82, 2.24) is 9.97 Å². The monoisotopic (exact) mass is 385 g/mol. The van der Waals surface area contributed by atoms with Gasteiger partial charge >= 0.3 is 6.36 Å². The lowest BCUT2D eigenvalue weighted by molar-refractivity contribution is -0.274. The Balaban J connectivity index is 2.41. The fourth-order valence-corrected chi connectivity index (χ4v) is 2.59. The summed E-state index contributed by atoms with van der Waals surface area (Å²) >= 11 is 0. The maximum atomic E-state index is 12.3. The number of rotatable bonds is 7. The van der Waals surface area contributed by atoms with Gasteiger partial charge in [0.1, 0.15) is 11.5 Å². The fourth-order valence-electron chi connectivity index (χ4n) is 2.59. The van der Waals surface area contributed by atoms with Gasteiger partial charge in [-0.2, -0.15) is 0 Å². The molecular weight excluding hydrogens is 363 g/mol. The molecule has 6 nitrogen and oxygen atoms in total. The standard InChI is InChI=1S/C18H22F3N3O3/c1-5-11(6-2)23-16-17(26-4)24-15(10(3)22-16)13-8-7-12(9-14(13)25)27-18(19,20)21/h7-9,11,25H,5-6H2,1-4H3,(H,22,23). The highest BCUT2D eigenvalue weighted by atomic mass is 19.4. The number of ether oxygens (including phenoxy) is 2. The molecule has 0 unspecified atom stereocenters. The normalized spacial score (nSPS) is 11.6. The van der Waals surface area contributed by atoms with Gasteiger partial charge in [0.15, 0.2) is 5.82 Å². The molecule has 0 spiro atoms. The number of phenols is 1. The van der Waals surface area contributed by atoms with Gasteiger partial charge in [-0.05, 0) is 31.9 Å². The minimum Gasteiger partial charge on any atom is -0.507 e. The molecule has 0 radical (unpaired) electrons. The average molecular weight is 385 g/mol. The number of hydrogen-bond donors (Lipinski definition) is 2. The van der Waals surface area contributed by atoms with E-state index in [4.69, 9.17) is 4.74 Å². The predicted octanol–water partition coefficient (Wildman–Crippen LogP) is 4.67. The van der Waals surface area contributed by atoms with E-state index in [1.807, 2.05) is 13.8 Å². The van der Waals surface area contributed by atoms with Crippen LogP contribution in [0.1, 0.15) is 32.4 Å². The number of aromatic hydroxyl groups is 1. The Hall–Kier alpha value is -2.71. The SMILES string of the molecule is CCC(CC)Nc1nc(C)c(-c2ccc(OC(F)(F)F)cc2O)nc1OC. The number of nitrogens with one attached hydrogen (secondary N) is 1. The topological polar surface area (TPSA) is 76.5 Å². The predicted molar refractivity (Wildman–Crippen MR) is 95.1 cm³/mol. The number of methoxy groups -OCH3 is 1. The Morgan fingerprint density at radius 1 is 1.19 bits per heavy atom. The van der Waals surface area contributed by atoms with Crippen LogP contribution in [0.2, 0.25) is 0 Å². The minimum atomic E-state index is -4.84. The third-order valence-electron chi connectivity index (χ3n) is 4.02. The van der Waals surface area contributed by atoms with Crippen LogP contribution in [0.5, 0.6) is 17.4 Å². The van der Waals surface area contributed by atoms with Crippen LogP contribution in [0.15, 0.2) is 18.2 Å². The molecular formula is C18H22F3N3O3. The van der Waals surface area contributed by atoms with Crippen molar-refractivity contribution in [3.8, 4) is 28.6 Å². The first-order chi connectivity index (χ1) is 12.7. The van der Waals surface area contributed by atoms with Gasteiger partial charge in [0.05, 0.1) is 18.5 Å². The Morgan fingerprint density at radius 2 is 1.85 bits per heavy atom. The van der Waals surface area contributed by atoms with Crippen molar-refractivity contribution < 1.29 is 27.8 Å². The van der Waals surface area contributed by atoms with Gasteiger partial charge in [-0.25, -0.2) is 9.97 Å². The van der Waals surface area contributed by atoms with Gasteiger partial charge in [-0.1, -0.05) is 13.8 Å². The van der Waals surface area contributed by atoms with Crippen LogP contribution in [-0.2, 0) is 0 Å². The molecule has 0 aliphatic heterocycles. The Kier molecular flexibility index (Phi) is 6.35. The van der Waals surface area contributed by atoms with E-state index in [2.05, 4.69) is 20.0 Å². The van der Waals surface area contributed by atoms with E-state index >= 15 is 0 Å². The number of hydrogen-bond acceptors (Lipinski definition) is 6. The number of phenolic OH excluding ortho intramolecular Hbond substituents is 1. The Morgan fingerprint density at radius 3 is 2.37 bits per heavy atom. The summed E-state index contributed by atoms with van der Waals surface area (Å²) in [6.07, 6.45) is -3.05. The summed E-state index contributed by atoms with van der Waals surface area (Å²) in [6, 6.07) is 3.48. The first-order valence-electron chi connectivity index (χ1n) is 8.46. The molecule has 1 aromatic heterocycles. The summed E-state index contributed by atoms with van der Waals surface area (Å²) < 4.78 is 46.0. The van der Waals surface area contributed by atoms with Crippen molar-refractivity contribution in [2.75, 3.05) is 12.4 Å². The Labute approximate surface area is 155 Å². The van der Waals surface area contributed by atoms with E-state index in [1.54, 1.807) is 6.92 Å². The molecule has 0 fully saturated rings. The van der Waals surface area contributed by atoms with E-state index < -0.39 is 17.9 Å². The fraction of sp³-hybridized carbons (Fsp3) is 0.444. The summed E-state index contributed by atoms with van der Waals surface area (Å²) in [7, 11) is 1.45. The number of aryl methyl sites for hydroxylation is 1. The van der Waals surface area contributed by atoms with Crippen molar-refractivity contribution in [3.63, 3.8) is 0 Å². The molecule has 0 atom stereocenters. The van der Waals surface area contributed by atoms with Crippen LogP contribution in [0.4, 0.5) is 19.0 Å². The maximum absolute atomic E-state index is 12.3. The van der Waals surface area contributed by atoms with Crippen LogP contribution in [0, 0.1) is 6.92 Å². The summed E-state index contributed by atoms with van der Waals surface area (Å²) in [4.78, 5) is 8.84. The molecule has 2 rings (SSSR count). The molecule has 2 N–H and O–H groups in total. The molecule has 0 aliphatic carbocycles. The molecule has 148 valence electrons. The molecule has 0 bridgehead atoms. The van der Waals surface area contributed by atoms with Crippen LogP contribution < -0.4 is 14.8 Å². The quantitative estimate of drug-likeness (QED) is 0.722. The van der Waals surface area contributed by atoms with Crippen LogP contribution in [0.3, 0.4) is 0 Å². The first-order valence-corrected chi connectivity index (χ1v) is 8.46. The highest BCUT2D eigenvalue weighted by molar-refractivity contribution is 5.71. The molecule has 27 heavy (non-hydrogen) atoms. The largest absolute Gasteiger partial charge is 0.573 e. The molecule has 1 aromatic carbocycles. The van der Waals surface area contributed by atoms with Gasteiger partial charge < -0.3 is 19.9 Å². The van der Waals surface area contributed by atoms with Gasteiger partial charge in [0, 0.05) is 17.7 Å². The maximum Gasteiger partial charge on any atom is 0.573 e. The summed E-state index contributed by atoms with van der Waals surface area (Å²) in [5.41, 5.74) is 1.02. The average Bonchev–Trinajstić information content (AvgIpc) is 2.59. The van der Waals surface area contributed by atoms with E-state index in [0.717, 1.165) is 25.0 Å². The number of alkyl halides is 3. The van der Waals surface area contributed by atoms with Gasteiger partial charge in [0.25, 0.3) is 5.88 Å². The number of nitrogens with zero attached hydrogens (tertiary/aromatic N) is 2. The van der Waals surface area contributed by atoms with Crippen molar-refractivity contribution in [3.05, 3.63) is 23.9 Å². The third kappa shape index (κ3) is 5.15. The molecule has 0 aliphatic rings. The van der Waals surface area contributed by atoms with Gasteiger partial charge in [0.2, 0.25) is 0 Å². The lowest BCUT2D eigenvalue weighted by Gasteiger charge is -2.19. The smallest absolute Gasteiger partial charge is 0.507 e. The molecule has 2 aromatic rings. The van der Waals surface area contributed by atoms with E-state index in [1.165, 1.54) is 13.2 Å². The zero-order valence-electron chi connectivity index (χ0n) is 15.5. The summed E-state index contributed by atoms with van der Waals surface area (Å²) in [5, 5.41) is 13.4. The van der Waals surface area contributed by atoms with Crippen LogP contribution in [0.25, 0.3) is 11.3 Å². The Bertz CT molecular complexity index is 793. The van der Waals surface area contributed by atoms with E-state index in [9.17, 15) is 18.3 Å². The van der Waals surface area contributed by atoms with Gasteiger partial charge in [-0.15, -0.1) is 13.2 Å². The minimum absolute atomic E-state index is 0.200. The lowest BCUT2D eigenvalue weighted by Crippen LogP contribution is -2.19. The summed E-state index contributed by atoms with van der Waals surface area (Å²) in [5.74, 6) is -0.216. The van der Waals surface area contributed by atoms with E-state index in [-0.39, 0.29) is 17.5 Å². The van der Waals surface area contributed by atoms with Crippen molar-refractivity contribution in [1.29, 1.82) is 0 Å².